The van der Waals surface area contributed by atoms with Crippen molar-refractivity contribution in [1.29, 1.82) is 0 Å². The third-order valence-corrected chi connectivity index (χ3v) is 8.88. The Balaban J connectivity index is 3.72. The summed E-state index contributed by atoms with van der Waals surface area (Å²) in [6.45, 7) is 4.05. The van der Waals surface area contributed by atoms with Crippen molar-refractivity contribution in [3.8, 4) is 0 Å². The SMILES string of the molecule is CC(=O)N[C@@H](CCCCN)C(=O)NCC(CNC(=O)[C@H](CCCCN)NC(C)=O)(CNC(=O)[C@H](CC(=O)O)NC(C)=O)CNC(=O)[C@H](Cc1ccccc1)NC(C)=O. The Morgan fingerprint density at radius 3 is 1.24 bits per heavy atom. The maximum atomic E-state index is 13.8. The predicted molar refractivity (Wildman–Crippen MR) is 213 cm³/mol. The Kier molecular flexibility index (Phi) is 23.5. The van der Waals surface area contributed by atoms with Crippen LogP contribution in [0.1, 0.15) is 78.2 Å². The summed E-state index contributed by atoms with van der Waals surface area (Å²) in [5.74, 6) is -6.32. The highest BCUT2D eigenvalue weighted by Crippen LogP contribution is 2.16. The van der Waals surface area contributed by atoms with Gasteiger partial charge in [0.15, 0.2) is 0 Å². The summed E-state index contributed by atoms with van der Waals surface area (Å²) in [5.41, 5.74) is 10.5. The van der Waals surface area contributed by atoms with Crippen LogP contribution in [0.4, 0.5) is 0 Å². The van der Waals surface area contributed by atoms with Crippen molar-refractivity contribution in [2.24, 2.45) is 16.9 Å². The first-order valence-corrected chi connectivity index (χ1v) is 19.3. The van der Waals surface area contributed by atoms with Gasteiger partial charge < -0.3 is 59.1 Å². The Morgan fingerprint density at radius 2 is 0.879 bits per heavy atom. The largest absolute Gasteiger partial charge is 0.481 e. The lowest BCUT2D eigenvalue weighted by Crippen LogP contribution is -2.61. The molecule has 1 aromatic rings. The predicted octanol–water partition coefficient (Wildman–Crippen LogP) is -2.57. The smallest absolute Gasteiger partial charge is 0.305 e. The monoisotopic (exact) mass is 818 g/mol. The van der Waals surface area contributed by atoms with Gasteiger partial charge in [0.25, 0.3) is 0 Å². The highest BCUT2D eigenvalue weighted by molar-refractivity contribution is 5.91. The third-order valence-electron chi connectivity index (χ3n) is 8.88. The lowest BCUT2D eigenvalue weighted by Gasteiger charge is -2.36. The molecule has 0 bridgehead atoms. The Hall–Kier alpha value is -5.63. The summed E-state index contributed by atoms with van der Waals surface area (Å²) in [6, 6.07) is 4.28. The molecule has 0 aliphatic heterocycles. The van der Waals surface area contributed by atoms with Gasteiger partial charge in [-0.3, -0.25) is 43.2 Å². The van der Waals surface area contributed by atoms with Gasteiger partial charge in [-0.1, -0.05) is 30.3 Å². The summed E-state index contributed by atoms with van der Waals surface area (Å²) in [6.07, 6.45) is 1.92. The number of benzene rings is 1. The summed E-state index contributed by atoms with van der Waals surface area (Å²) in [5, 5.41) is 30.5. The zero-order valence-electron chi connectivity index (χ0n) is 33.9. The van der Waals surface area contributed by atoms with Crippen LogP contribution >= 0.6 is 0 Å². The molecule has 58 heavy (non-hydrogen) atoms. The molecule has 0 aromatic heterocycles. The number of hydrogen-bond acceptors (Lipinski definition) is 11. The minimum Gasteiger partial charge on any atom is -0.481 e. The number of rotatable bonds is 28. The average Bonchev–Trinajstić information content (AvgIpc) is 3.15. The molecule has 1 rings (SSSR count). The number of amides is 8. The van der Waals surface area contributed by atoms with Crippen LogP contribution in [0.25, 0.3) is 0 Å². The molecule has 0 aliphatic carbocycles. The lowest BCUT2D eigenvalue weighted by atomic mass is 9.86. The maximum Gasteiger partial charge on any atom is 0.305 e. The molecular formula is C38H62N10O10. The third kappa shape index (κ3) is 21.1. The second-order valence-electron chi connectivity index (χ2n) is 14.2. The van der Waals surface area contributed by atoms with E-state index in [1.165, 1.54) is 20.8 Å². The van der Waals surface area contributed by atoms with E-state index >= 15 is 0 Å². The fourth-order valence-electron chi connectivity index (χ4n) is 5.91. The summed E-state index contributed by atoms with van der Waals surface area (Å²) >= 11 is 0. The molecule has 8 amide bonds. The molecule has 0 saturated carbocycles. The van der Waals surface area contributed by atoms with Crippen molar-refractivity contribution >= 4 is 53.2 Å². The number of carboxylic acids is 1. The molecule has 0 fully saturated rings. The molecule has 0 heterocycles. The van der Waals surface area contributed by atoms with E-state index in [9.17, 15) is 48.3 Å². The van der Waals surface area contributed by atoms with E-state index in [-0.39, 0.29) is 38.9 Å². The molecular weight excluding hydrogens is 756 g/mol. The van der Waals surface area contributed by atoms with Crippen molar-refractivity contribution in [3.63, 3.8) is 0 Å². The fraction of sp³-hybridized carbons (Fsp3) is 0.605. The molecule has 0 aliphatic rings. The van der Waals surface area contributed by atoms with E-state index in [1.807, 2.05) is 0 Å². The summed E-state index contributed by atoms with van der Waals surface area (Å²) in [7, 11) is 0. The van der Waals surface area contributed by atoms with Gasteiger partial charge >= 0.3 is 5.97 Å². The van der Waals surface area contributed by atoms with Gasteiger partial charge in [0.1, 0.15) is 24.2 Å². The standard InChI is InChI=1S/C38H62N10O10/c1-24(49)45-29(14-8-10-16-39)34(55)41-20-38(23-44-37(58)32(19-33(53)54)48-27(4)52,21-42-35(56)30(46-25(2)50)15-9-11-17-40)22-43-36(57)31(47-26(3)51)18-28-12-6-5-7-13-28/h5-7,12-13,29-32H,8-11,14-23,39-40H2,1-4H3,(H,41,55)(H,42,56)(H,43,57)(H,44,58)(H,45,49)(H,46,50)(H,47,51)(H,48,52)(H,53,54)/t29-,30-,31-,32-/m0/s1. The van der Waals surface area contributed by atoms with Crippen LogP contribution in [-0.4, -0.2) is 122 Å². The molecule has 0 unspecified atom stereocenters. The molecule has 20 nitrogen and oxygen atoms in total. The number of nitrogens with two attached hydrogens (primary N) is 2. The second kappa shape index (κ2) is 27.1. The quantitative estimate of drug-likeness (QED) is 0.0389. The Morgan fingerprint density at radius 1 is 0.534 bits per heavy atom. The number of unbranched alkanes of at least 4 members (excludes halogenated alkanes) is 2. The van der Waals surface area contributed by atoms with Crippen molar-refractivity contribution < 1.29 is 48.3 Å². The first kappa shape index (κ1) is 50.4. The first-order valence-electron chi connectivity index (χ1n) is 19.3. The molecule has 1 aromatic carbocycles. The van der Waals surface area contributed by atoms with Gasteiger partial charge in [-0.25, -0.2) is 0 Å². The topological polar surface area (TPSA) is 322 Å². The molecule has 0 radical (unpaired) electrons. The summed E-state index contributed by atoms with van der Waals surface area (Å²) < 4.78 is 0. The molecule has 4 atom stereocenters. The Labute approximate surface area is 338 Å². The van der Waals surface area contributed by atoms with Gasteiger partial charge in [0.05, 0.1) is 6.42 Å². The number of aliphatic carboxylic acids is 1. The van der Waals surface area contributed by atoms with Crippen LogP contribution in [0.2, 0.25) is 0 Å². The van der Waals surface area contributed by atoms with Crippen LogP contribution < -0.4 is 54.0 Å². The van der Waals surface area contributed by atoms with Crippen LogP contribution in [0.3, 0.4) is 0 Å². The van der Waals surface area contributed by atoms with Crippen LogP contribution in [0.5, 0.6) is 0 Å². The number of hydrogen-bond donors (Lipinski definition) is 11. The van der Waals surface area contributed by atoms with Crippen molar-refractivity contribution in [2.45, 2.75) is 103 Å². The number of nitrogens with one attached hydrogen (secondary N) is 8. The highest BCUT2D eigenvalue weighted by atomic mass is 16.4. The average molecular weight is 819 g/mol. The highest BCUT2D eigenvalue weighted by Gasteiger charge is 2.37. The van der Waals surface area contributed by atoms with Crippen LogP contribution in [-0.2, 0) is 49.6 Å². The van der Waals surface area contributed by atoms with Gasteiger partial charge in [-0.2, -0.15) is 0 Å². The first-order chi connectivity index (χ1) is 27.4. The van der Waals surface area contributed by atoms with E-state index in [1.54, 1.807) is 30.3 Å². The summed E-state index contributed by atoms with van der Waals surface area (Å²) in [4.78, 5) is 114. The van der Waals surface area contributed by atoms with E-state index in [0.717, 1.165) is 12.5 Å². The van der Waals surface area contributed by atoms with Crippen molar-refractivity contribution in [2.75, 3.05) is 39.3 Å². The van der Waals surface area contributed by atoms with E-state index in [4.69, 9.17) is 11.5 Å². The van der Waals surface area contributed by atoms with Crippen LogP contribution in [0, 0.1) is 5.41 Å². The van der Waals surface area contributed by atoms with Gasteiger partial charge in [0.2, 0.25) is 47.3 Å². The van der Waals surface area contributed by atoms with Gasteiger partial charge in [-0.15, -0.1) is 0 Å². The van der Waals surface area contributed by atoms with E-state index in [0.29, 0.717) is 38.8 Å². The number of carbonyl (C=O) groups is 9. The number of carbonyl (C=O) groups excluding carboxylic acids is 8. The normalized spacial score (nSPS) is 13.0. The molecule has 20 heteroatoms. The van der Waals surface area contributed by atoms with Gasteiger partial charge in [-0.05, 0) is 57.2 Å². The number of carboxylic acid groups (broad SMARTS) is 1. The zero-order valence-corrected chi connectivity index (χ0v) is 33.9. The van der Waals surface area contributed by atoms with Gasteiger partial charge in [0, 0.05) is 65.7 Å². The molecule has 0 saturated heterocycles. The minimum atomic E-state index is -1.51. The molecule has 0 spiro atoms. The lowest BCUT2D eigenvalue weighted by molar-refractivity contribution is -0.140. The van der Waals surface area contributed by atoms with Crippen LogP contribution in [0.15, 0.2) is 30.3 Å². The van der Waals surface area contributed by atoms with E-state index < -0.39 is 95.8 Å². The second-order valence-corrected chi connectivity index (χ2v) is 14.2. The fourth-order valence-corrected chi connectivity index (χ4v) is 5.91. The zero-order chi connectivity index (χ0) is 43.7. The molecule has 324 valence electrons. The Bertz CT molecular complexity index is 1480. The minimum absolute atomic E-state index is 0.0967. The van der Waals surface area contributed by atoms with Crippen molar-refractivity contribution in [1.82, 2.24) is 42.5 Å². The van der Waals surface area contributed by atoms with E-state index in [2.05, 4.69) is 42.5 Å². The van der Waals surface area contributed by atoms with Crippen molar-refractivity contribution in [3.05, 3.63) is 35.9 Å². The maximum absolute atomic E-state index is 13.8. The molecule has 13 N–H and O–H groups in total.